The van der Waals surface area contributed by atoms with Gasteiger partial charge in [-0.25, -0.2) is 9.97 Å². The molecule has 0 aromatic carbocycles. The second kappa shape index (κ2) is 8.52. The number of nitrogens with one attached hydrogen (secondary N) is 1. The SMILES string of the molecule is CCCCCC(C)c1nc2nc(SCC)n(CCC)c(=O)c2[nH]1. The summed E-state index contributed by atoms with van der Waals surface area (Å²) in [5, 5.41) is 0.781. The first-order valence-electron chi connectivity index (χ1n) is 8.75. The van der Waals surface area contributed by atoms with Crippen molar-refractivity contribution in [2.24, 2.45) is 0 Å². The van der Waals surface area contributed by atoms with Crippen LogP contribution in [-0.4, -0.2) is 25.3 Å². The monoisotopic (exact) mass is 336 g/mol. The van der Waals surface area contributed by atoms with Gasteiger partial charge in [0, 0.05) is 12.5 Å². The van der Waals surface area contributed by atoms with E-state index in [4.69, 9.17) is 0 Å². The highest BCUT2D eigenvalue weighted by molar-refractivity contribution is 7.99. The molecule has 2 rings (SSSR count). The predicted molar refractivity (Wildman–Crippen MR) is 97.4 cm³/mol. The lowest BCUT2D eigenvalue weighted by Crippen LogP contribution is -2.23. The quantitative estimate of drug-likeness (QED) is 0.421. The molecular formula is C17H28N4OS. The maximum absolute atomic E-state index is 12.7. The van der Waals surface area contributed by atoms with Crippen LogP contribution in [0.15, 0.2) is 9.95 Å². The minimum absolute atomic E-state index is 0.00677. The Bertz CT molecular complexity index is 692. The second-order valence-electron chi connectivity index (χ2n) is 6.00. The molecule has 23 heavy (non-hydrogen) atoms. The van der Waals surface area contributed by atoms with E-state index in [2.05, 4.69) is 42.6 Å². The maximum Gasteiger partial charge on any atom is 0.280 e. The topological polar surface area (TPSA) is 63.6 Å². The maximum atomic E-state index is 12.7. The minimum atomic E-state index is 0.00677. The molecule has 2 aromatic heterocycles. The van der Waals surface area contributed by atoms with Crippen molar-refractivity contribution in [1.82, 2.24) is 19.5 Å². The molecule has 0 aliphatic carbocycles. The largest absolute Gasteiger partial charge is 0.336 e. The summed E-state index contributed by atoms with van der Waals surface area (Å²) < 4.78 is 1.78. The third kappa shape index (κ3) is 4.16. The number of rotatable bonds is 9. The Morgan fingerprint density at radius 3 is 2.61 bits per heavy atom. The number of imidazole rings is 1. The van der Waals surface area contributed by atoms with Crippen molar-refractivity contribution in [1.29, 1.82) is 0 Å². The lowest BCUT2D eigenvalue weighted by Gasteiger charge is -2.09. The number of fused-ring (bicyclic) bond motifs is 1. The first-order chi connectivity index (χ1) is 11.1. The molecule has 1 N–H and O–H groups in total. The molecule has 6 heteroatoms. The summed E-state index contributed by atoms with van der Waals surface area (Å²) in [6.45, 7) is 9.22. The van der Waals surface area contributed by atoms with Crippen LogP contribution in [0.2, 0.25) is 0 Å². The number of unbranched alkanes of at least 4 members (excludes halogenated alkanes) is 2. The molecule has 0 saturated carbocycles. The number of nitrogens with zero attached hydrogens (tertiary/aromatic N) is 3. The van der Waals surface area contributed by atoms with Crippen molar-refractivity contribution in [3.8, 4) is 0 Å². The molecule has 0 fully saturated rings. The fourth-order valence-electron chi connectivity index (χ4n) is 2.72. The molecule has 1 atom stereocenters. The van der Waals surface area contributed by atoms with Gasteiger partial charge in [0.15, 0.2) is 16.3 Å². The van der Waals surface area contributed by atoms with Crippen LogP contribution in [-0.2, 0) is 6.54 Å². The van der Waals surface area contributed by atoms with E-state index >= 15 is 0 Å². The summed E-state index contributed by atoms with van der Waals surface area (Å²) in [5.41, 5.74) is 1.12. The second-order valence-corrected chi connectivity index (χ2v) is 7.23. The molecule has 0 aliphatic heterocycles. The molecule has 128 valence electrons. The average Bonchev–Trinajstić information content (AvgIpc) is 2.96. The van der Waals surface area contributed by atoms with E-state index in [1.54, 1.807) is 16.3 Å². The van der Waals surface area contributed by atoms with Crippen LogP contribution in [0.5, 0.6) is 0 Å². The molecule has 5 nitrogen and oxygen atoms in total. The van der Waals surface area contributed by atoms with E-state index in [1.807, 2.05) is 0 Å². The van der Waals surface area contributed by atoms with Crippen LogP contribution in [0.4, 0.5) is 0 Å². The van der Waals surface area contributed by atoms with Crippen LogP contribution in [0, 0.1) is 0 Å². The lowest BCUT2D eigenvalue weighted by molar-refractivity contribution is 0.580. The molecular weight excluding hydrogens is 308 g/mol. The Morgan fingerprint density at radius 1 is 1.17 bits per heavy atom. The summed E-state index contributed by atoms with van der Waals surface area (Å²) in [4.78, 5) is 25.2. The molecule has 0 amide bonds. The Hall–Kier alpha value is -1.30. The van der Waals surface area contributed by atoms with E-state index in [0.29, 0.717) is 23.6 Å². The van der Waals surface area contributed by atoms with Crippen molar-refractivity contribution in [2.45, 2.75) is 77.4 Å². The van der Waals surface area contributed by atoms with Crippen LogP contribution >= 0.6 is 11.8 Å². The van der Waals surface area contributed by atoms with Gasteiger partial charge in [0.05, 0.1) is 0 Å². The summed E-state index contributed by atoms with van der Waals surface area (Å²) in [5.74, 6) is 2.12. The van der Waals surface area contributed by atoms with Crippen LogP contribution in [0.1, 0.15) is 71.5 Å². The van der Waals surface area contributed by atoms with Crippen molar-refractivity contribution >= 4 is 22.9 Å². The molecule has 2 heterocycles. The third-order valence-electron chi connectivity index (χ3n) is 4.02. The van der Waals surface area contributed by atoms with E-state index in [9.17, 15) is 4.79 Å². The summed E-state index contributed by atoms with van der Waals surface area (Å²) in [7, 11) is 0. The zero-order chi connectivity index (χ0) is 16.8. The van der Waals surface area contributed by atoms with Gasteiger partial charge in [-0.2, -0.15) is 0 Å². The molecule has 0 saturated heterocycles. The fraction of sp³-hybridized carbons (Fsp3) is 0.706. The molecule has 0 radical (unpaired) electrons. The normalized spacial score (nSPS) is 12.9. The Morgan fingerprint density at radius 2 is 1.96 bits per heavy atom. The van der Waals surface area contributed by atoms with E-state index in [-0.39, 0.29) is 5.56 Å². The fourth-order valence-corrected chi connectivity index (χ4v) is 3.45. The summed E-state index contributed by atoms with van der Waals surface area (Å²) in [6.07, 6.45) is 5.66. The third-order valence-corrected chi connectivity index (χ3v) is 4.88. The zero-order valence-electron chi connectivity index (χ0n) is 14.7. The molecule has 2 aromatic rings. The van der Waals surface area contributed by atoms with Crippen molar-refractivity contribution in [3.63, 3.8) is 0 Å². The van der Waals surface area contributed by atoms with Gasteiger partial charge in [-0.3, -0.25) is 9.36 Å². The van der Waals surface area contributed by atoms with Crippen molar-refractivity contribution in [3.05, 3.63) is 16.2 Å². The van der Waals surface area contributed by atoms with E-state index < -0.39 is 0 Å². The van der Waals surface area contributed by atoms with E-state index in [1.165, 1.54) is 19.3 Å². The first-order valence-corrected chi connectivity index (χ1v) is 9.74. The number of H-pyrrole nitrogens is 1. The number of hydrogen-bond acceptors (Lipinski definition) is 4. The summed E-state index contributed by atoms with van der Waals surface area (Å²) >= 11 is 1.60. The Kier molecular flexibility index (Phi) is 6.69. The lowest BCUT2D eigenvalue weighted by atomic mass is 10.0. The highest BCUT2D eigenvalue weighted by Gasteiger charge is 2.17. The van der Waals surface area contributed by atoms with Gasteiger partial charge in [-0.15, -0.1) is 0 Å². The van der Waals surface area contributed by atoms with Crippen LogP contribution in [0.25, 0.3) is 11.2 Å². The predicted octanol–water partition coefficient (Wildman–Crippen LogP) is 4.33. The number of aromatic nitrogens is 4. The van der Waals surface area contributed by atoms with Crippen molar-refractivity contribution < 1.29 is 0 Å². The minimum Gasteiger partial charge on any atom is -0.336 e. The number of hydrogen-bond donors (Lipinski definition) is 1. The van der Waals surface area contributed by atoms with Gasteiger partial charge in [0.1, 0.15) is 5.82 Å². The smallest absolute Gasteiger partial charge is 0.280 e. The Labute approximate surface area is 142 Å². The van der Waals surface area contributed by atoms with Gasteiger partial charge in [-0.05, 0) is 18.6 Å². The van der Waals surface area contributed by atoms with Gasteiger partial charge in [-0.1, -0.05) is 58.7 Å². The van der Waals surface area contributed by atoms with Gasteiger partial charge >= 0.3 is 0 Å². The number of thioether (sulfide) groups is 1. The standard InChI is InChI=1S/C17H28N4OS/c1-5-8-9-10-12(4)14-18-13-15(19-14)20-17(23-7-3)21(11-6-2)16(13)22/h12H,5-11H2,1-4H3,(H,18,19). The highest BCUT2D eigenvalue weighted by atomic mass is 32.2. The number of aromatic amines is 1. The molecule has 0 bridgehead atoms. The Balaban J connectivity index is 2.38. The average molecular weight is 337 g/mol. The molecule has 0 spiro atoms. The van der Waals surface area contributed by atoms with Gasteiger partial charge in [0.25, 0.3) is 5.56 Å². The van der Waals surface area contributed by atoms with Gasteiger partial charge < -0.3 is 4.98 Å². The van der Waals surface area contributed by atoms with E-state index in [0.717, 1.165) is 29.6 Å². The first kappa shape index (κ1) is 18.0. The zero-order valence-corrected chi connectivity index (χ0v) is 15.5. The highest BCUT2D eigenvalue weighted by Crippen LogP contribution is 2.22. The van der Waals surface area contributed by atoms with Crippen LogP contribution < -0.4 is 5.56 Å². The molecule has 1 unspecified atom stereocenters. The molecule has 0 aliphatic rings. The van der Waals surface area contributed by atoms with Gasteiger partial charge in [0.2, 0.25) is 0 Å². The van der Waals surface area contributed by atoms with Crippen LogP contribution in [0.3, 0.4) is 0 Å². The summed E-state index contributed by atoms with van der Waals surface area (Å²) in [6, 6.07) is 0. The van der Waals surface area contributed by atoms with Crippen molar-refractivity contribution in [2.75, 3.05) is 5.75 Å².